The van der Waals surface area contributed by atoms with Gasteiger partial charge in [-0.3, -0.25) is 0 Å². The topological polar surface area (TPSA) is 48.5 Å². The van der Waals surface area contributed by atoms with Crippen molar-refractivity contribution in [3.05, 3.63) is 59.2 Å². The summed E-state index contributed by atoms with van der Waals surface area (Å²) in [6, 6.07) is 15.8. The Morgan fingerprint density at radius 3 is 2.33 bits per heavy atom. The summed E-state index contributed by atoms with van der Waals surface area (Å²) in [4.78, 5) is 0. The lowest BCUT2D eigenvalue weighted by Crippen LogP contribution is -1.82. The molecule has 2 aromatic rings. The van der Waals surface area contributed by atoms with Gasteiger partial charge in [0.15, 0.2) is 0 Å². The van der Waals surface area contributed by atoms with Crippen LogP contribution < -0.4 is 0 Å². The first-order chi connectivity index (χ1) is 10.2. The Hall–Kier alpha value is -2.47. The molecule has 0 amide bonds. The average Bonchev–Trinajstić information content (AvgIpc) is 2.53. The first-order valence-electron chi connectivity index (χ1n) is 7.24. The van der Waals surface area contributed by atoms with Crippen molar-refractivity contribution in [2.75, 3.05) is 0 Å². The molecule has 0 aromatic heterocycles. The largest absolute Gasteiger partial charge is 0.192 e. The van der Waals surface area contributed by atoms with E-state index in [4.69, 9.17) is 5.26 Å². The predicted octanol–water partition coefficient (Wildman–Crippen LogP) is 5.62. The van der Waals surface area contributed by atoms with Gasteiger partial charge in [0.1, 0.15) is 0 Å². The molecule has 0 aliphatic heterocycles. The Balaban J connectivity index is 2.09. The highest BCUT2D eigenvalue weighted by Gasteiger charge is 1.99. The first-order valence-corrected chi connectivity index (χ1v) is 7.24. The van der Waals surface area contributed by atoms with Gasteiger partial charge in [-0.25, -0.2) is 0 Å². The van der Waals surface area contributed by atoms with Gasteiger partial charge >= 0.3 is 0 Å². The summed E-state index contributed by atoms with van der Waals surface area (Å²) in [5.41, 5.74) is 4.46. The molecular formula is C18H19N3. The molecule has 0 atom stereocenters. The molecule has 0 radical (unpaired) electrons. The Labute approximate surface area is 126 Å². The summed E-state index contributed by atoms with van der Waals surface area (Å²) in [7, 11) is 0. The third-order valence-corrected chi connectivity index (χ3v) is 3.38. The van der Waals surface area contributed by atoms with Crippen LogP contribution in [0, 0.1) is 18.3 Å². The number of unbranched alkanes of at least 4 members (excludes halogenated alkanes) is 1. The highest BCUT2D eigenvalue weighted by atomic mass is 15.1. The zero-order valence-electron chi connectivity index (χ0n) is 12.5. The third-order valence-electron chi connectivity index (χ3n) is 3.38. The van der Waals surface area contributed by atoms with Gasteiger partial charge in [-0.15, -0.1) is 0 Å². The van der Waals surface area contributed by atoms with E-state index in [1.807, 2.05) is 31.2 Å². The lowest BCUT2D eigenvalue weighted by atomic mass is 10.1. The molecule has 106 valence electrons. The zero-order chi connectivity index (χ0) is 15.1. The van der Waals surface area contributed by atoms with Crippen molar-refractivity contribution < 1.29 is 0 Å². The van der Waals surface area contributed by atoms with Crippen LogP contribution in [-0.4, -0.2) is 0 Å². The lowest BCUT2D eigenvalue weighted by Gasteiger charge is -2.00. The van der Waals surface area contributed by atoms with Gasteiger partial charge in [0, 0.05) is 0 Å². The number of nitrogens with zero attached hydrogens (tertiary/aromatic N) is 3. The van der Waals surface area contributed by atoms with Crippen LogP contribution in [0.25, 0.3) is 0 Å². The molecule has 2 aromatic carbocycles. The summed E-state index contributed by atoms with van der Waals surface area (Å²) in [6.07, 6.45) is 3.52. The van der Waals surface area contributed by atoms with Crippen LogP contribution in [0.15, 0.2) is 52.7 Å². The third kappa shape index (κ3) is 4.25. The first kappa shape index (κ1) is 14.9. The van der Waals surface area contributed by atoms with Crippen LogP contribution in [0.2, 0.25) is 0 Å². The molecule has 2 rings (SSSR count). The van der Waals surface area contributed by atoms with E-state index in [2.05, 4.69) is 35.4 Å². The maximum Gasteiger partial charge on any atom is 0.0995 e. The van der Waals surface area contributed by atoms with Crippen molar-refractivity contribution in [2.24, 2.45) is 10.2 Å². The number of nitriles is 1. The predicted molar refractivity (Wildman–Crippen MR) is 85.1 cm³/mol. The summed E-state index contributed by atoms with van der Waals surface area (Å²) < 4.78 is 0. The van der Waals surface area contributed by atoms with E-state index in [0.717, 1.165) is 17.7 Å². The molecular weight excluding hydrogens is 258 g/mol. The van der Waals surface area contributed by atoms with Crippen molar-refractivity contribution in [1.82, 2.24) is 0 Å². The Morgan fingerprint density at radius 1 is 1.00 bits per heavy atom. The Kier molecular flexibility index (Phi) is 5.22. The minimum absolute atomic E-state index is 0.640. The van der Waals surface area contributed by atoms with E-state index < -0.39 is 0 Å². The van der Waals surface area contributed by atoms with E-state index in [1.165, 1.54) is 18.4 Å². The number of hydrogen-bond acceptors (Lipinski definition) is 3. The SMILES string of the molecule is CCCCc1ccc(N=Nc2ccc(C)c(C#N)c2)cc1. The van der Waals surface area contributed by atoms with Gasteiger partial charge in [0.05, 0.1) is 23.0 Å². The smallest absolute Gasteiger partial charge is 0.0995 e. The van der Waals surface area contributed by atoms with E-state index >= 15 is 0 Å². The minimum Gasteiger partial charge on any atom is -0.192 e. The maximum atomic E-state index is 9.01. The number of hydrogen-bond donors (Lipinski definition) is 0. The number of aryl methyl sites for hydroxylation is 2. The monoisotopic (exact) mass is 277 g/mol. The molecule has 0 spiro atoms. The van der Waals surface area contributed by atoms with E-state index in [-0.39, 0.29) is 0 Å². The number of azo groups is 1. The second-order valence-electron chi connectivity index (χ2n) is 5.08. The van der Waals surface area contributed by atoms with Gasteiger partial charge in [0.25, 0.3) is 0 Å². The molecule has 0 saturated carbocycles. The Bertz CT molecular complexity index is 664. The zero-order valence-corrected chi connectivity index (χ0v) is 12.5. The molecule has 21 heavy (non-hydrogen) atoms. The van der Waals surface area contributed by atoms with Crippen LogP contribution >= 0.6 is 0 Å². The van der Waals surface area contributed by atoms with Crippen molar-refractivity contribution >= 4 is 11.4 Å². The average molecular weight is 277 g/mol. The summed E-state index contributed by atoms with van der Waals surface area (Å²) in [5.74, 6) is 0. The van der Waals surface area contributed by atoms with Crippen molar-refractivity contribution in [2.45, 2.75) is 33.1 Å². The second kappa shape index (κ2) is 7.35. The normalized spacial score (nSPS) is 10.7. The van der Waals surface area contributed by atoms with E-state index in [0.29, 0.717) is 11.3 Å². The number of rotatable bonds is 5. The van der Waals surface area contributed by atoms with Gasteiger partial charge in [-0.2, -0.15) is 15.5 Å². The maximum absolute atomic E-state index is 9.01. The fourth-order valence-corrected chi connectivity index (χ4v) is 2.02. The quantitative estimate of drug-likeness (QED) is 0.654. The lowest BCUT2D eigenvalue weighted by molar-refractivity contribution is 0.795. The van der Waals surface area contributed by atoms with Crippen molar-refractivity contribution in [1.29, 1.82) is 5.26 Å². The fourth-order valence-electron chi connectivity index (χ4n) is 2.02. The van der Waals surface area contributed by atoms with Crippen LogP contribution in [0.4, 0.5) is 11.4 Å². The highest BCUT2D eigenvalue weighted by molar-refractivity contribution is 5.49. The van der Waals surface area contributed by atoms with Crippen LogP contribution in [0.1, 0.15) is 36.5 Å². The van der Waals surface area contributed by atoms with Crippen LogP contribution in [0.5, 0.6) is 0 Å². The molecule has 0 aliphatic carbocycles. The molecule has 0 heterocycles. The van der Waals surface area contributed by atoms with Crippen molar-refractivity contribution in [3.63, 3.8) is 0 Å². The standard InChI is InChI=1S/C18H19N3/c1-3-4-5-15-7-10-17(11-8-15)20-21-18-9-6-14(2)16(12-18)13-19/h6-12H,3-5H2,1-2H3. The van der Waals surface area contributed by atoms with Gasteiger partial charge in [-0.1, -0.05) is 31.5 Å². The number of benzene rings is 2. The van der Waals surface area contributed by atoms with Gasteiger partial charge < -0.3 is 0 Å². The fraction of sp³-hybridized carbons (Fsp3) is 0.278. The highest BCUT2D eigenvalue weighted by Crippen LogP contribution is 2.21. The molecule has 0 aliphatic rings. The molecule has 0 saturated heterocycles. The molecule has 0 bridgehead atoms. The minimum atomic E-state index is 0.640. The second-order valence-corrected chi connectivity index (χ2v) is 5.08. The molecule has 3 nitrogen and oxygen atoms in total. The van der Waals surface area contributed by atoms with Crippen molar-refractivity contribution in [3.8, 4) is 6.07 Å². The summed E-state index contributed by atoms with van der Waals surface area (Å²) >= 11 is 0. The van der Waals surface area contributed by atoms with Crippen LogP contribution in [0.3, 0.4) is 0 Å². The van der Waals surface area contributed by atoms with Gasteiger partial charge in [0.2, 0.25) is 0 Å². The molecule has 3 heteroatoms. The van der Waals surface area contributed by atoms with E-state index in [1.54, 1.807) is 6.07 Å². The summed E-state index contributed by atoms with van der Waals surface area (Å²) in [5, 5.41) is 17.4. The van der Waals surface area contributed by atoms with Gasteiger partial charge in [-0.05, 0) is 55.2 Å². The Morgan fingerprint density at radius 2 is 1.67 bits per heavy atom. The molecule has 0 N–H and O–H groups in total. The van der Waals surface area contributed by atoms with Crippen LogP contribution in [-0.2, 0) is 6.42 Å². The molecule has 0 fully saturated rings. The van der Waals surface area contributed by atoms with E-state index in [9.17, 15) is 0 Å². The molecule has 0 unspecified atom stereocenters. The summed E-state index contributed by atoms with van der Waals surface area (Å²) in [6.45, 7) is 4.11.